The minimum Gasteiger partial charge on any atom is -0.369 e. The Bertz CT molecular complexity index is 1520. The molecule has 2 bridgehead atoms. The van der Waals surface area contributed by atoms with Crippen molar-refractivity contribution >= 4 is 34.9 Å². The Morgan fingerprint density at radius 1 is 1.09 bits per heavy atom. The van der Waals surface area contributed by atoms with Crippen LogP contribution in [0.15, 0.2) is 43.0 Å². The number of hydrogen-bond acceptors (Lipinski definition) is 7. The van der Waals surface area contributed by atoms with Crippen molar-refractivity contribution < 1.29 is 36.7 Å². The molecule has 14 heteroatoms. The van der Waals surface area contributed by atoms with Crippen LogP contribution in [0.1, 0.15) is 17.7 Å². The Morgan fingerprint density at radius 2 is 1.80 bits per heavy atom. The number of para-hydroxylation sites is 1. The number of nitrogens with zero attached hydrogens (tertiary/aromatic N) is 6. The van der Waals surface area contributed by atoms with E-state index in [2.05, 4.69) is 16.5 Å². The van der Waals surface area contributed by atoms with E-state index in [1.54, 1.807) is 11.0 Å². The summed E-state index contributed by atoms with van der Waals surface area (Å²) >= 11 is 0. The summed E-state index contributed by atoms with van der Waals surface area (Å²) in [6, 6.07) is 4.97. The number of hydrogen-bond donors (Lipinski definition) is 0. The summed E-state index contributed by atoms with van der Waals surface area (Å²) in [6.45, 7) is 7.96. The molecule has 3 fully saturated rings. The van der Waals surface area contributed by atoms with Gasteiger partial charge < -0.3 is 19.4 Å². The second-order valence-electron chi connectivity index (χ2n) is 12.1. The molecular weight excluding hydrogens is 596 g/mol. The third-order valence-corrected chi connectivity index (χ3v) is 8.95. The fourth-order valence-electron chi connectivity index (χ4n) is 7.00. The Labute approximate surface area is 257 Å². The third-order valence-electron chi connectivity index (χ3n) is 8.95. The number of amides is 3. The van der Waals surface area contributed by atoms with E-state index < -0.39 is 41.3 Å². The van der Waals surface area contributed by atoms with Crippen molar-refractivity contribution in [2.24, 2.45) is 5.92 Å². The van der Waals surface area contributed by atoms with Crippen LogP contribution in [0.3, 0.4) is 0 Å². The van der Waals surface area contributed by atoms with Crippen molar-refractivity contribution in [3.63, 3.8) is 0 Å². The number of ether oxygens (including phenoxy) is 1. The second kappa shape index (κ2) is 11.7. The maximum absolute atomic E-state index is 15.6. The second-order valence-corrected chi connectivity index (χ2v) is 12.1. The van der Waals surface area contributed by atoms with Gasteiger partial charge in [-0.05, 0) is 37.3 Å². The van der Waals surface area contributed by atoms with Crippen LogP contribution >= 0.6 is 0 Å². The first-order valence-corrected chi connectivity index (χ1v) is 14.8. The SMILES string of the molecule is C=CC(=O)N1CC2CN(CCN3C[C@H]4CC(=O)N(c5cc(C(F)(F)F)cc(C)n5)[C@@H]4C(=O)N(C)c4cccc(F)c43)CC(C1)O2. The molecule has 5 heterocycles. The number of likely N-dealkylation sites (N-methyl/N-ethyl adjacent to an activating group) is 1. The molecule has 0 spiro atoms. The maximum Gasteiger partial charge on any atom is 0.416 e. The lowest BCUT2D eigenvalue weighted by Crippen LogP contribution is -2.61. The van der Waals surface area contributed by atoms with Gasteiger partial charge in [0.15, 0.2) is 0 Å². The summed E-state index contributed by atoms with van der Waals surface area (Å²) in [5.41, 5.74) is -0.386. The summed E-state index contributed by atoms with van der Waals surface area (Å²) in [7, 11) is 1.48. The van der Waals surface area contributed by atoms with Gasteiger partial charge in [0.25, 0.3) is 0 Å². The number of anilines is 3. The van der Waals surface area contributed by atoms with Crippen LogP contribution < -0.4 is 14.7 Å². The normalized spacial score (nSPS) is 25.6. The lowest BCUT2D eigenvalue weighted by Gasteiger charge is -2.46. The molecular formula is C31H34F4N6O4. The predicted molar refractivity (Wildman–Crippen MR) is 157 cm³/mol. The minimum atomic E-state index is -4.67. The molecule has 2 aromatic rings. The molecule has 6 rings (SSSR count). The first-order chi connectivity index (χ1) is 21.3. The van der Waals surface area contributed by atoms with E-state index >= 15 is 4.39 Å². The van der Waals surface area contributed by atoms with E-state index in [1.807, 2.05) is 4.90 Å². The maximum atomic E-state index is 15.6. The van der Waals surface area contributed by atoms with Crippen LogP contribution in [0.2, 0.25) is 0 Å². The monoisotopic (exact) mass is 630 g/mol. The van der Waals surface area contributed by atoms with Crippen molar-refractivity contribution in [1.82, 2.24) is 14.8 Å². The Kier molecular flexibility index (Phi) is 8.06. The predicted octanol–water partition coefficient (Wildman–Crippen LogP) is 2.85. The van der Waals surface area contributed by atoms with Crippen LogP contribution in [0.5, 0.6) is 0 Å². The average Bonchev–Trinajstić information content (AvgIpc) is 3.31. The largest absolute Gasteiger partial charge is 0.416 e. The van der Waals surface area contributed by atoms with Gasteiger partial charge in [-0.3, -0.25) is 24.2 Å². The molecule has 10 nitrogen and oxygen atoms in total. The zero-order chi connectivity index (χ0) is 32.2. The summed E-state index contributed by atoms with van der Waals surface area (Å²) in [5, 5.41) is 0. The van der Waals surface area contributed by atoms with Crippen molar-refractivity contribution in [1.29, 1.82) is 0 Å². The highest BCUT2D eigenvalue weighted by atomic mass is 19.4. The van der Waals surface area contributed by atoms with E-state index in [4.69, 9.17) is 4.74 Å². The third kappa shape index (κ3) is 5.88. The van der Waals surface area contributed by atoms with Crippen LogP contribution in [0, 0.1) is 18.7 Å². The molecule has 3 amide bonds. The number of pyridine rings is 1. The Hall–Kier alpha value is -4.04. The van der Waals surface area contributed by atoms with E-state index in [0.717, 1.165) is 17.0 Å². The van der Waals surface area contributed by atoms with Crippen LogP contribution in [0.25, 0.3) is 0 Å². The first kappa shape index (κ1) is 31.0. The topological polar surface area (TPSA) is 89.5 Å². The minimum absolute atomic E-state index is 0.0593. The zero-order valence-corrected chi connectivity index (χ0v) is 25.0. The van der Waals surface area contributed by atoms with Crippen LogP contribution in [0.4, 0.5) is 34.8 Å². The molecule has 4 aliphatic rings. The van der Waals surface area contributed by atoms with E-state index in [9.17, 15) is 27.6 Å². The standard InChI is InChI=1S/C31H34F4N6O4/c1-4-26(42)40-16-21-14-38(15-22(17-40)45-21)8-9-39-13-19-11-27(43)41(25-12-20(31(33,34)35)10-18(2)36-25)28(19)30(44)37(3)24-7-5-6-23(32)29(24)39/h4-7,10,12,19,21-22,28H,1,8-9,11,13-17H2,2-3H3/t19-,21?,22?,28+/m1/s1. The van der Waals surface area contributed by atoms with E-state index in [-0.39, 0.29) is 48.3 Å². The lowest BCUT2D eigenvalue weighted by atomic mass is 9.95. The number of aryl methyl sites for hydroxylation is 1. The smallest absolute Gasteiger partial charge is 0.369 e. The summed E-state index contributed by atoms with van der Waals surface area (Å²) in [5.74, 6) is -2.60. The Balaban J connectivity index is 1.29. The van der Waals surface area contributed by atoms with Crippen LogP contribution in [-0.2, 0) is 25.3 Å². The number of benzene rings is 1. The van der Waals surface area contributed by atoms with Gasteiger partial charge in [-0.25, -0.2) is 9.37 Å². The number of carbonyl (C=O) groups excluding carboxylic acids is 3. The summed E-state index contributed by atoms with van der Waals surface area (Å²) in [6.07, 6.45) is -3.86. The molecule has 4 aliphatic heterocycles. The summed E-state index contributed by atoms with van der Waals surface area (Å²) in [4.78, 5) is 51.9. The van der Waals surface area contributed by atoms with Gasteiger partial charge in [-0.2, -0.15) is 13.2 Å². The molecule has 0 N–H and O–H groups in total. The number of rotatable bonds is 5. The molecule has 240 valence electrons. The molecule has 4 atom stereocenters. The average molecular weight is 631 g/mol. The molecule has 1 aromatic heterocycles. The molecule has 0 saturated carbocycles. The fourth-order valence-corrected chi connectivity index (χ4v) is 7.00. The van der Waals surface area contributed by atoms with Crippen LogP contribution in [-0.4, -0.2) is 104 Å². The summed E-state index contributed by atoms with van der Waals surface area (Å²) < 4.78 is 62.6. The highest BCUT2D eigenvalue weighted by molar-refractivity contribution is 6.10. The van der Waals surface area contributed by atoms with Gasteiger partial charge in [0, 0.05) is 70.9 Å². The lowest BCUT2D eigenvalue weighted by molar-refractivity contribution is -0.156. The fraction of sp³-hybridized carbons (Fsp3) is 0.484. The number of fused-ring (bicyclic) bond motifs is 4. The highest BCUT2D eigenvalue weighted by Gasteiger charge is 2.49. The Morgan fingerprint density at radius 3 is 2.47 bits per heavy atom. The van der Waals surface area contributed by atoms with Gasteiger partial charge >= 0.3 is 6.18 Å². The van der Waals surface area contributed by atoms with Gasteiger partial charge in [0.1, 0.15) is 17.7 Å². The molecule has 2 unspecified atom stereocenters. The van der Waals surface area contributed by atoms with Gasteiger partial charge in [-0.15, -0.1) is 0 Å². The van der Waals surface area contributed by atoms with Crippen molar-refractivity contribution in [2.45, 2.75) is 37.8 Å². The quantitative estimate of drug-likeness (QED) is 0.371. The van der Waals surface area contributed by atoms with E-state index in [0.29, 0.717) is 45.0 Å². The van der Waals surface area contributed by atoms with Crippen molar-refractivity contribution in [3.8, 4) is 0 Å². The number of aromatic nitrogens is 1. The van der Waals surface area contributed by atoms with Gasteiger partial charge in [0.05, 0.1) is 29.1 Å². The van der Waals surface area contributed by atoms with Crippen molar-refractivity contribution in [3.05, 3.63) is 60.1 Å². The first-order valence-electron chi connectivity index (χ1n) is 14.8. The molecule has 0 radical (unpaired) electrons. The highest BCUT2D eigenvalue weighted by Crippen LogP contribution is 2.41. The van der Waals surface area contributed by atoms with Gasteiger partial charge in [-0.1, -0.05) is 12.6 Å². The number of morpholine rings is 2. The zero-order valence-electron chi connectivity index (χ0n) is 25.0. The molecule has 1 aromatic carbocycles. The molecule has 0 aliphatic carbocycles. The van der Waals surface area contributed by atoms with Gasteiger partial charge in [0.2, 0.25) is 17.7 Å². The molecule has 3 saturated heterocycles. The number of alkyl halides is 3. The number of halogens is 4. The van der Waals surface area contributed by atoms with Crippen molar-refractivity contribution in [2.75, 3.05) is 67.6 Å². The van der Waals surface area contributed by atoms with E-state index in [1.165, 1.54) is 37.1 Å². The molecule has 45 heavy (non-hydrogen) atoms. The number of carbonyl (C=O) groups is 3.